The van der Waals surface area contributed by atoms with Crippen molar-refractivity contribution in [2.24, 2.45) is 13.0 Å². The van der Waals surface area contributed by atoms with Gasteiger partial charge in [-0.05, 0) is 51.4 Å². The molecule has 0 atom stereocenters. The predicted molar refractivity (Wildman–Crippen MR) is 101 cm³/mol. The maximum absolute atomic E-state index is 12.7. The molecule has 6 nitrogen and oxygen atoms in total. The standard InChI is InChI=1S/C20H28N4O2/c1-23-10-8-15(9-11-23)12-18-17(14-24(2)22-18)20(25)21-13-16-6-4-5-7-19(16)26-3/h4-7,14-15H,8-13H2,1-3H3,(H,21,25). The Bertz CT molecular complexity index is 748. The molecule has 1 saturated heterocycles. The molecule has 0 aliphatic carbocycles. The minimum atomic E-state index is -0.0769. The number of nitrogens with zero attached hydrogens (tertiary/aromatic N) is 3. The van der Waals surface area contributed by atoms with Crippen molar-refractivity contribution in [1.82, 2.24) is 20.0 Å². The van der Waals surface area contributed by atoms with Crippen molar-refractivity contribution >= 4 is 5.91 Å². The Labute approximate surface area is 155 Å². The van der Waals surface area contributed by atoms with Crippen LogP contribution >= 0.6 is 0 Å². The highest BCUT2D eigenvalue weighted by Gasteiger charge is 2.22. The molecule has 1 aliphatic rings. The zero-order valence-electron chi connectivity index (χ0n) is 15.9. The van der Waals surface area contributed by atoms with Gasteiger partial charge in [0.1, 0.15) is 5.75 Å². The summed E-state index contributed by atoms with van der Waals surface area (Å²) in [6.07, 6.45) is 5.01. The Balaban J connectivity index is 1.65. The van der Waals surface area contributed by atoms with Gasteiger partial charge in [0, 0.05) is 25.4 Å². The molecule has 26 heavy (non-hydrogen) atoms. The second-order valence-electron chi connectivity index (χ2n) is 7.11. The number of carbonyl (C=O) groups is 1. The zero-order valence-corrected chi connectivity index (χ0v) is 15.9. The van der Waals surface area contributed by atoms with Crippen molar-refractivity contribution in [3.8, 4) is 5.75 Å². The number of methoxy groups -OCH3 is 1. The summed E-state index contributed by atoms with van der Waals surface area (Å²) in [5, 5.41) is 7.56. The molecule has 140 valence electrons. The lowest BCUT2D eigenvalue weighted by Crippen LogP contribution is -2.31. The van der Waals surface area contributed by atoms with Gasteiger partial charge in [-0.15, -0.1) is 0 Å². The lowest BCUT2D eigenvalue weighted by molar-refractivity contribution is 0.0949. The molecule has 0 spiro atoms. The summed E-state index contributed by atoms with van der Waals surface area (Å²) in [4.78, 5) is 15.1. The van der Waals surface area contributed by atoms with E-state index in [0.29, 0.717) is 18.0 Å². The van der Waals surface area contributed by atoms with Gasteiger partial charge in [0.05, 0.1) is 18.4 Å². The smallest absolute Gasteiger partial charge is 0.255 e. The number of aryl methyl sites for hydroxylation is 1. The number of aromatic nitrogens is 2. The zero-order chi connectivity index (χ0) is 18.5. The van der Waals surface area contributed by atoms with Crippen LogP contribution in [0, 0.1) is 5.92 Å². The number of ether oxygens (including phenoxy) is 1. The first-order valence-electron chi connectivity index (χ1n) is 9.18. The Morgan fingerprint density at radius 1 is 1.27 bits per heavy atom. The normalized spacial score (nSPS) is 15.8. The average molecular weight is 356 g/mol. The van der Waals surface area contributed by atoms with Gasteiger partial charge in [-0.1, -0.05) is 18.2 Å². The van der Waals surface area contributed by atoms with Gasteiger partial charge in [-0.25, -0.2) is 0 Å². The molecular formula is C20H28N4O2. The number of benzene rings is 1. The molecule has 0 bridgehead atoms. The summed E-state index contributed by atoms with van der Waals surface area (Å²) in [7, 11) is 5.67. The highest BCUT2D eigenvalue weighted by atomic mass is 16.5. The first kappa shape index (κ1) is 18.5. The van der Waals surface area contributed by atoms with Gasteiger partial charge in [0.15, 0.2) is 0 Å². The second-order valence-corrected chi connectivity index (χ2v) is 7.11. The third-order valence-electron chi connectivity index (χ3n) is 5.10. The van der Waals surface area contributed by atoms with Crippen LogP contribution in [0.5, 0.6) is 5.75 Å². The van der Waals surface area contributed by atoms with Crippen LogP contribution < -0.4 is 10.1 Å². The van der Waals surface area contributed by atoms with Gasteiger partial charge < -0.3 is 15.0 Å². The first-order valence-corrected chi connectivity index (χ1v) is 9.18. The number of amides is 1. The molecule has 1 aliphatic heterocycles. The van der Waals surface area contributed by atoms with Crippen molar-refractivity contribution in [3.63, 3.8) is 0 Å². The fourth-order valence-electron chi connectivity index (χ4n) is 3.53. The van der Waals surface area contributed by atoms with Crippen LogP contribution in [-0.4, -0.2) is 47.8 Å². The largest absolute Gasteiger partial charge is 0.496 e. The monoisotopic (exact) mass is 356 g/mol. The van der Waals surface area contributed by atoms with Crippen LogP contribution in [-0.2, 0) is 20.0 Å². The number of hydrogen-bond donors (Lipinski definition) is 1. The molecule has 0 saturated carbocycles. The second kappa shape index (κ2) is 8.36. The summed E-state index contributed by atoms with van der Waals surface area (Å²) in [5.41, 5.74) is 2.55. The molecule has 1 N–H and O–H groups in total. The summed E-state index contributed by atoms with van der Waals surface area (Å²) in [5.74, 6) is 1.30. The topological polar surface area (TPSA) is 59.4 Å². The van der Waals surface area contributed by atoms with E-state index in [0.717, 1.165) is 49.4 Å². The van der Waals surface area contributed by atoms with E-state index in [1.54, 1.807) is 11.8 Å². The predicted octanol–water partition coefficient (Wildman–Crippen LogP) is 2.24. The lowest BCUT2D eigenvalue weighted by atomic mass is 9.91. The van der Waals surface area contributed by atoms with E-state index in [9.17, 15) is 4.79 Å². The van der Waals surface area contributed by atoms with E-state index in [-0.39, 0.29) is 5.91 Å². The van der Waals surface area contributed by atoms with E-state index in [1.807, 2.05) is 37.5 Å². The number of para-hydroxylation sites is 1. The third kappa shape index (κ3) is 4.43. The summed E-state index contributed by atoms with van der Waals surface area (Å²) >= 11 is 0. The molecule has 1 fully saturated rings. The fraction of sp³-hybridized carbons (Fsp3) is 0.500. The van der Waals surface area contributed by atoms with Crippen molar-refractivity contribution in [1.29, 1.82) is 0 Å². The van der Waals surface area contributed by atoms with Crippen LogP contribution in [0.2, 0.25) is 0 Å². The minimum Gasteiger partial charge on any atom is -0.496 e. The molecule has 1 aromatic heterocycles. The maximum atomic E-state index is 12.7. The van der Waals surface area contributed by atoms with E-state index < -0.39 is 0 Å². The number of carbonyl (C=O) groups excluding carboxylic acids is 1. The molecule has 2 heterocycles. The van der Waals surface area contributed by atoms with E-state index in [2.05, 4.69) is 22.4 Å². The molecule has 0 unspecified atom stereocenters. The Kier molecular flexibility index (Phi) is 5.93. The first-order chi connectivity index (χ1) is 12.6. The summed E-state index contributed by atoms with van der Waals surface area (Å²) in [6.45, 7) is 2.67. The molecule has 1 amide bonds. The quantitative estimate of drug-likeness (QED) is 0.862. The number of rotatable bonds is 6. The van der Waals surface area contributed by atoms with E-state index in [1.165, 1.54) is 0 Å². The summed E-state index contributed by atoms with van der Waals surface area (Å²) < 4.78 is 7.09. The molecular weight excluding hydrogens is 328 g/mol. The number of nitrogens with one attached hydrogen (secondary N) is 1. The molecule has 6 heteroatoms. The maximum Gasteiger partial charge on any atom is 0.255 e. The van der Waals surface area contributed by atoms with Crippen molar-refractivity contribution in [2.75, 3.05) is 27.2 Å². The van der Waals surface area contributed by atoms with Crippen LogP contribution in [0.25, 0.3) is 0 Å². The molecule has 1 aromatic carbocycles. The average Bonchev–Trinajstić information content (AvgIpc) is 3.02. The lowest BCUT2D eigenvalue weighted by Gasteiger charge is -2.28. The minimum absolute atomic E-state index is 0.0769. The molecule has 2 aromatic rings. The number of piperidine rings is 1. The van der Waals surface area contributed by atoms with Crippen LogP contribution in [0.15, 0.2) is 30.5 Å². The van der Waals surface area contributed by atoms with Gasteiger partial charge in [0.25, 0.3) is 5.91 Å². The fourth-order valence-corrected chi connectivity index (χ4v) is 3.53. The van der Waals surface area contributed by atoms with Crippen LogP contribution in [0.1, 0.15) is 34.5 Å². The SMILES string of the molecule is COc1ccccc1CNC(=O)c1cn(C)nc1CC1CCN(C)CC1. The van der Waals surface area contributed by atoms with Crippen LogP contribution in [0.3, 0.4) is 0 Å². The summed E-state index contributed by atoms with van der Waals surface area (Å²) in [6, 6.07) is 7.73. The Morgan fingerprint density at radius 2 is 2.00 bits per heavy atom. The Hall–Kier alpha value is -2.34. The van der Waals surface area contributed by atoms with Gasteiger partial charge in [0.2, 0.25) is 0 Å². The van der Waals surface area contributed by atoms with E-state index in [4.69, 9.17) is 4.74 Å². The highest BCUT2D eigenvalue weighted by molar-refractivity contribution is 5.95. The van der Waals surface area contributed by atoms with Gasteiger partial charge in [-0.3, -0.25) is 9.48 Å². The third-order valence-corrected chi connectivity index (χ3v) is 5.10. The molecule has 3 rings (SSSR count). The van der Waals surface area contributed by atoms with Crippen molar-refractivity contribution in [2.45, 2.75) is 25.8 Å². The number of hydrogen-bond acceptors (Lipinski definition) is 4. The van der Waals surface area contributed by atoms with E-state index >= 15 is 0 Å². The van der Waals surface area contributed by atoms with Crippen LogP contribution in [0.4, 0.5) is 0 Å². The van der Waals surface area contributed by atoms with Gasteiger partial charge in [-0.2, -0.15) is 5.10 Å². The van der Waals surface area contributed by atoms with Crippen molar-refractivity contribution in [3.05, 3.63) is 47.3 Å². The number of likely N-dealkylation sites (tertiary alicyclic amines) is 1. The molecule has 0 radical (unpaired) electrons. The van der Waals surface area contributed by atoms with Gasteiger partial charge >= 0.3 is 0 Å². The highest BCUT2D eigenvalue weighted by Crippen LogP contribution is 2.22. The van der Waals surface area contributed by atoms with Crippen molar-refractivity contribution < 1.29 is 9.53 Å². The Morgan fingerprint density at radius 3 is 2.73 bits per heavy atom.